The number of halogens is 8. The van der Waals surface area contributed by atoms with E-state index >= 15 is 0 Å². The number of piperidine rings is 2. The van der Waals surface area contributed by atoms with Gasteiger partial charge in [-0.05, 0) is 126 Å². The van der Waals surface area contributed by atoms with Crippen molar-refractivity contribution in [2.24, 2.45) is 0 Å². The standard InChI is InChI=1S/C29H24BrF3N4O2.C19H17BrF3N3O2.C10H7NO/c30-21-4-9-25-26(16-21)35-28(37(27(25)38)22-5-7-23(8-6-22)39-29(31,32)33)11-14-36(15-12-28)18-20-3-1-2-19-17-34-13-10-24(19)20;20-12-1-6-15-16(11-12)25-18(7-9-24-10-8-18)26(17(15)27)13-2-4-14(5-3-13)28-19(21,22)23;12-7-9-3-1-2-8-6-11-5-4-10(8)9/h1-10,13,16-17,35H,11-12,14-15,18H2;1-6,11,24-25H,7-10H2;1-7H. The highest BCUT2D eigenvalue weighted by Crippen LogP contribution is 2.44. The lowest BCUT2D eigenvalue weighted by molar-refractivity contribution is -0.275. The fourth-order valence-electron chi connectivity index (χ4n) is 10.6. The Morgan fingerprint density at radius 3 is 1.54 bits per heavy atom. The van der Waals surface area contributed by atoms with E-state index in [1.54, 1.807) is 58.7 Å². The first-order chi connectivity index (χ1) is 37.9. The fraction of sp³-hybridized carbons (Fsp3) is 0.224. The highest BCUT2D eigenvalue weighted by molar-refractivity contribution is 9.10. The minimum atomic E-state index is -4.79. The molecule has 8 aromatic rings. The predicted molar refractivity (Wildman–Crippen MR) is 296 cm³/mol. The molecule has 21 heteroatoms. The molecule has 4 aliphatic heterocycles. The van der Waals surface area contributed by atoms with E-state index < -0.39 is 24.1 Å². The molecular formula is C58H48Br2F6N8O5. The Bertz CT molecular complexity index is 3530. The minimum Gasteiger partial charge on any atom is -0.406 e. The SMILES string of the molecule is O=C1c2ccc(Br)cc2NC2(CCN(Cc3cccc4cnccc34)CC2)N1c1ccc(OC(F)(F)F)cc1.O=C1c2ccc(Br)cc2NC2(CCNCC2)N1c1ccc(OC(F)(F)F)cc1.O=Cc1cccc2cnccc12. The molecule has 0 bridgehead atoms. The normalized spacial score (nSPS) is 16.6. The van der Waals surface area contributed by atoms with E-state index in [9.17, 15) is 40.7 Å². The van der Waals surface area contributed by atoms with E-state index in [1.165, 1.54) is 59.5 Å². The number of benzene rings is 6. The zero-order valence-corrected chi connectivity index (χ0v) is 44.9. The van der Waals surface area contributed by atoms with Crippen molar-refractivity contribution in [1.82, 2.24) is 20.2 Å². The number of rotatable bonds is 7. The molecule has 2 saturated heterocycles. The number of amides is 2. The van der Waals surface area contributed by atoms with Crippen LogP contribution in [-0.2, 0) is 6.54 Å². The summed E-state index contributed by atoms with van der Waals surface area (Å²) in [6.07, 6.45) is 0.983. The summed E-state index contributed by atoms with van der Waals surface area (Å²) in [4.78, 5) is 51.7. The Kier molecular flexibility index (Phi) is 15.7. The molecule has 6 aromatic carbocycles. The van der Waals surface area contributed by atoms with E-state index in [4.69, 9.17) is 0 Å². The molecule has 0 atom stereocenters. The van der Waals surface area contributed by atoms with Gasteiger partial charge in [-0.15, -0.1) is 26.3 Å². The topological polar surface area (TPSA) is 141 Å². The van der Waals surface area contributed by atoms with Crippen LogP contribution in [0.5, 0.6) is 11.5 Å². The number of hydrogen-bond acceptors (Lipinski definition) is 11. The second-order valence-corrected chi connectivity index (χ2v) is 21.0. The summed E-state index contributed by atoms with van der Waals surface area (Å²) in [6, 6.07) is 37.4. The van der Waals surface area contributed by atoms with Gasteiger partial charge in [0.2, 0.25) is 0 Å². The molecule has 2 spiro atoms. The van der Waals surface area contributed by atoms with Gasteiger partial charge in [-0.25, -0.2) is 0 Å². The van der Waals surface area contributed by atoms with Crippen LogP contribution in [-0.4, -0.2) is 83.2 Å². The van der Waals surface area contributed by atoms with Gasteiger partial charge in [0.15, 0.2) is 6.29 Å². The van der Waals surface area contributed by atoms with Crippen molar-refractivity contribution < 1.29 is 50.2 Å². The van der Waals surface area contributed by atoms with Crippen LogP contribution in [0.4, 0.5) is 49.1 Å². The number of fused-ring (bicyclic) bond motifs is 4. The smallest absolute Gasteiger partial charge is 0.406 e. The maximum atomic E-state index is 13.9. The molecule has 0 saturated carbocycles. The third-order valence-corrected chi connectivity index (χ3v) is 15.2. The monoisotopic (exact) mass is 1210 g/mol. The summed E-state index contributed by atoms with van der Waals surface area (Å²) in [6.45, 7) is 3.63. The van der Waals surface area contributed by atoms with Gasteiger partial charge < -0.3 is 25.4 Å². The van der Waals surface area contributed by atoms with Crippen molar-refractivity contribution in [3.05, 3.63) is 189 Å². The van der Waals surface area contributed by atoms with Crippen molar-refractivity contribution >= 4 is 94.3 Å². The van der Waals surface area contributed by atoms with Crippen LogP contribution < -0.4 is 35.2 Å². The van der Waals surface area contributed by atoms with Gasteiger partial charge in [-0.3, -0.25) is 39.1 Å². The maximum Gasteiger partial charge on any atom is 0.573 e. The van der Waals surface area contributed by atoms with E-state index in [0.29, 0.717) is 48.2 Å². The first-order valence-corrected chi connectivity index (χ1v) is 26.6. The summed E-state index contributed by atoms with van der Waals surface area (Å²) in [5.74, 6) is -1.04. The number of pyridine rings is 2. The Balaban J connectivity index is 0.000000152. The molecule has 4 aliphatic rings. The van der Waals surface area contributed by atoms with E-state index in [2.05, 4.69) is 78.2 Å². The van der Waals surface area contributed by atoms with Crippen molar-refractivity contribution in [1.29, 1.82) is 0 Å². The lowest BCUT2D eigenvalue weighted by Crippen LogP contribution is -2.64. The molecule has 79 heavy (non-hydrogen) atoms. The highest BCUT2D eigenvalue weighted by Gasteiger charge is 2.49. The van der Waals surface area contributed by atoms with Gasteiger partial charge in [0, 0.05) is 118 Å². The number of aromatic nitrogens is 2. The molecule has 0 aliphatic carbocycles. The second-order valence-electron chi connectivity index (χ2n) is 19.2. The number of nitrogens with one attached hydrogen (secondary N) is 3. The van der Waals surface area contributed by atoms with Crippen molar-refractivity contribution in [2.75, 3.05) is 46.6 Å². The van der Waals surface area contributed by atoms with Crippen molar-refractivity contribution in [3.63, 3.8) is 0 Å². The number of anilines is 4. The molecule has 13 nitrogen and oxygen atoms in total. The van der Waals surface area contributed by atoms with E-state index in [-0.39, 0.29) is 23.3 Å². The lowest BCUT2D eigenvalue weighted by atomic mass is 9.89. The summed E-state index contributed by atoms with van der Waals surface area (Å²) < 4.78 is 85.1. The molecule has 6 heterocycles. The first kappa shape index (κ1) is 54.8. The van der Waals surface area contributed by atoms with E-state index in [0.717, 1.165) is 81.1 Å². The van der Waals surface area contributed by atoms with Gasteiger partial charge in [-0.1, -0.05) is 68.3 Å². The number of aldehydes is 1. The molecule has 0 unspecified atom stereocenters. The van der Waals surface area contributed by atoms with Crippen LogP contribution >= 0.6 is 31.9 Å². The first-order valence-electron chi connectivity index (χ1n) is 25.0. The molecule has 2 aromatic heterocycles. The summed E-state index contributed by atoms with van der Waals surface area (Å²) in [5, 5.41) is 14.6. The molecule has 0 radical (unpaired) electrons. The third-order valence-electron chi connectivity index (χ3n) is 14.2. The zero-order valence-electron chi connectivity index (χ0n) is 41.8. The molecule has 2 amide bonds. The highest BCUT2D eigenvalue weighted by atomic mass is 79.9. The van der Waals surface area contributed by atoms with Gasteiger partial charge in [0.1, 0.15) is 22.8 Å². The zero-order chi connectivity index (χ0) is 55.5. The van der Waals surface area contributed by atoms with E-state index in [1.807, 2.05) is 54.7 Å². The van der Waals surface area contributed by atoms with Crippen LogP contribution in [0.15, 0.2) is 167 Å². The number of hydrogen-bond donors (Lipinski definition) is 3. The molecular weight excluding hydrogens is 1160 g/mol. The Labute approximate surface area is 466 Å². The number of alkyl halides is 6. The minimum absolute atomic E-state index is 0.187. The second kappa shape index (κ2) is 22.6. The summed E-state index contributed by atoms with van der Waals surface area (Å²) in [5.41, 5.74) is 4.06. The van der Waals surface area contributed by atoms with Crippen molar-refractivity contribution in [2.45, 2.75) is 56.3 Å². The Morgan fingerprint density at radius 1 is 0.582 bits per heavy atom. The average molecular weight is 1210 g/mol. The van der Waals surface area contributed by atoms with Gasteiger partial charge in [0.25, 0.3) is 11.8 Å². The Hall–Kier alpha value is -7.59. The number of nitrogens with zero attached hydrogens (tertiary/aromatic N) is 5. The van der Waals surface area contributed by atoms with Crippen LogP contribution in [0.1, 0.15) is 62.3 Å². The molecule has 2 fully saturated rings. The summed E-state index contributed by atoms with van der Waals surface area (Å²) in [7, 11) is 0. The number of carbonyl (C=O) groups excluding carboxylic acids is 3. The number of carbonyl (C=O) groups is 3. The van der Waals surface area contributed by atoms with Crippen LogP contribution in [0, 0.1) is 0 Å². The van der Waals surface area contributed by atoms with Crippen LogP contribution in [0.2, 0.25) is 0 Å². The lowest BCUT2D eigenvalue weighted by Gasteiger charge is -2.52. The van der Waals surface area contributed by atoms with Gasteiger partial charge >= 0.3 is 12.7 Å². The predicted octanol–water partition coefficient (Wildman–Crippen LogP) is 13.5. The summed E-state index contributed by atoms with van der Waals surface area (Å²) >= 11 is 6.93. The number of ether oxygens (including phenoxy) is 2. The third kappa shape index (κ3) is 12.2. The molecule has 3 N–H and O–H groups in total. The van der Waals surface area contributed by atoms with Crippen LogP contribution in [0.25, 0.3) is 21.5 Å². The molecule has 406 valence electrons. The average Bonchev–Trinajstić information content (AvgIpc) is 3.60. The number of likely N-dealkylation sites (tertiary alicyclic amines) is 1. The van der Waals surface area contributed by atoms with Gasteiger partial charge in [-0.2, -0.15) is 0 Å². The quantitative estimate of drug-likeness (QED) is 0.104. The Morgan fingerprint density at radius 2 is 1.05 bits per heavy atom. The van der Waals surface area contributed by atoms with Crippen molar-refractivity contribution in [3.8, 4) is 11.5 Å². The van der Waals surface area contributed by atoms with Gasteiger partial charge in [0.05, 0.1) is 11.1 Å². The van der Waals surface area contributed by atoms with Crippen LogP contribution in [0.3, 0.4) is 0 Å². The largest absolute Gasteiger partial charge is 0.573 e. The maximum absolute atomic E-state index is 13.9. The molecule has 12 rings (SSSR count). The fourth-order valence-corrected chi connectivity index (χ4v) is 11.3.